The zero-order chi connectivity index (χ0) is 17.6. The highest BCUT2D eigenvalue weighted by Gasteiger charge is 2.24. The van der Waals surface area contributed by atoms with Crippen LogP contribution < -0.4 is 10.1 Å². The van der Waals surface area contributed by atoms with Gasteiger partial charge in [0.1, 0.15) is 11.6 Å². The smallest absolute Gasteiger partial charge is 0.251 e. The van der Waals surface area contributed by atoms with Crippen LogP contribution in [-0.4, -0.2) is 37.6 Å². The van der Waals surface area contributed by atoms with E-state index in [0.717, 1.165) is 24.4 Å². The molecule has 0 bridgehead atoms. The molecule has 1 amide bonds. The highest BCUT2D eigenvalue weighted by molar-refractivity contribution is 5.94. The number of methoxy groups -OCH3 is 1. The van der Waals surface area contributed by atoms with Gasteiger partial charge in [-0.3, -0.25) is 9.69 Å². The van der Waals surface area contributed by atoms with E-state index in [1.54, 1.807) is 7.11 Å². The van der Waals surface area contributed by atoms with Gasteiger partial charge in [-0.2, -0.15) is 0 Å². The van der Waals surface area contributed by atoms with Gasteiger partial charge in [0.2, 0.25) is 0 Å². The number of carbonyl (C=O) groups is 1. The van der Waals surface area contributed by atoms with Crippen LogP contribution in [-0.2, 0) is 0 Å². The number of rotatable bonds is 6. The maximum Gasteiger partial charge on any atom is 0.251 e. The van der Waals surface area contributed by atoms with E-state index >= 15 is 0 Å². The molecule has 0 spiro atoms. The fourth-order valence-electron chi connectivity index (χ4n) is 3.25. The Hall–Kier alpha value is -2.40. The van der Waals surface area contributed by atoms with E-state index in [2.05, 4.69) is 16.3 Å². The largest absolute Gasteiger partial charge is 0.497 e. The number of halogens is 1. The summed E-state index contributed by atoms with van der Waals surface area (Å²) in [5.74, 6) is 0.279. The number of nitrogens with zero attached hydrogens (tertiary/aromatic N) is 1. The zero-order valence-electron chi connectivity index (χ0n) is 14.4. The Bertz CT molecular complexity index is 712. The standard InChI is InChI=1S/C20H23FN2O2/c1-25-18-6-4-5-16(13-18)19(23-11-2-3-12-23)14-22-20(24)15-7-9-17(21)10-8-15/h4-10,13,19H,2-3,11-12,14H2,1H3,(H,22,24). The van der Waals surface area contributed by atoms with E-state index in [4.69, 9.17) is 4.74 Å². The van der Waals surface area contributed by atoms with Crippen LogP contribution in [0.25, 0.3) is 0 Å². The van der Waals surface area contributed by atoms with Crippen molar-refractivity contribution in [2.75, 3.05) is 26.7 Å². The second kappa shape index (κ2) is 8.12. The molecule has 4 nitrogen and oxygen atoms in total. The number of nitrogens with one attached hydrogen (secondary N) is 1. The average molecular weight is 342 g/mol. The molecule has 1 fully saturated rings. The number of hydrogen-bond donors (Lipinski definition) is 1. The predicted octanol–water partition coefficient (Wildman–Crippen LogP) is 3.40. The number of carbonyl (C=O) groups excluding carboxylic acids is 1. The topological polar surface area (TPSA) is 41.6 Å². The molecule has 132 valence electrons. The summed E-state index contributed by atoms with van der Waals surface area (Å²) in [4.78, 5) is 14.7. The van der Waals surface area contributed by atoms with Gasteiger partial charge in [0.15, 0.2) is 0 Å². The summed E-state index contributed by atoms with van der Waals surface area (Å²) < 4.78 is 18.3. The zero-order valence-corrected chi connectivity index (χ0v) is 14.4. The van der Waals surface area contributed by atoms with Crippen LogP contribution in [0.2, 0.25) is 0 Å². The third-order valence-electron chi connectivity index (χ3n) is 4.62. The molecule has 1 N–H and O–H groups in total. The van der Waals surface area contributed by atoms with Crippen LogP contribution >= 0.6 is 0 Å². The van der Waals surface area contributed by atoms with Gasteiger partial charge in [-0.15, -0.1) is 0 Å². The van der Waals surface area contributed by atoms with Crippen molar-refractivity contribution >= 4 is 5.91 Å². The molecule has 25 heavy (non-hydrogen) atoms. The van der Waals surface area contributed by atoms with E-state index < -0.39 is 0 Å². The SMILES string of the molecule is COc1cccc(C(CNC(=O)c2ccc(F)cc2)N2CCCC2)c1. The Morgan fingerprint density at radius 3 is 2.60 bits per heavy atom. The maximum absolute atomic E-state index is 13.0. The summed E-state index contributed by atoms with van der Waals surface area (Å²) in [5.41, 5.74) is 1.59. The molecule has 1 aliphatic heterocycles. The van der Waals surface area contributed by atoms with E-state index in [1.807, 2.05) is 18.2 Å². The highest BCUT2D eigenvalue weighted by atomic mass is 19.1. The fraction of sp³-hybridized carbons (Fsp3) is 0.350. The minimum Gasteiger partial charge on any atom is -0.497 e. The lowest BCUT2D eigenvalue weighted by Gasteiger charge is -2.28. The van der Waals surface area contributed by atoms with E-state index in [0.29, 0.717) is 12.1 Å². The lowest BCUT2D eigenvalue weighted by molar-refractivity contribution is 0.0938. The van der Waals surface area contributed by atoms with Crippen LogP contribution in [0.5, 0.6) is 5.75 Å². The van der Waals surface area contributed by atoms with E-state index in [9.17, 15) is 9.18 Å². The Labute approximate surface area is 147 Å². The molecule has 0 aromatic heterocycles. The summed E-state index contributed by atoms with van der Waals surface area (Å²) in [6, 6.07) is 13.7. The summed E-state index contributed by atoms with van der Waals surface area (Å²) in [6.07, 6.45) is 2.35. The molecule has 3 rings (SSSR count). The van der Waals surface area contributed by atoms with Crippen LogP contribution in [0.15, 0.2) is 48.5 Å². The van der Waals surface area contributed by atoms with Gasteiger partial charge >= 0.3 is 0 Å². The van der Waals surface area contributed by atoms with Gasteiger partial charge in [-0.1, -0.05) is 12.1 Å². The van der Waals surface area contributed by atoms with Crippen molar-refractivity contribution in [3.8, 4) is 5.75 Å². The molecular weight excluding hydrogens is 319 g/mol. The second-order valence-corrected chi connectivity index (χ2v) is 6.25. The summed E-state index contributed by atoms with van der Waals surface area (Å²) in [7, 11) is 1.65. The first-order valence-electron chi connectivity index (χ1n) is 8.59. The molecule has 0 radical (unpaired) electrons. The van der Waals surface area contributed by atoms with Crippen molar-refractivity contribution in [3.63, 3.8) is 0 Å². The summed E-state index contributed by atoms with van der Waals surface area (Å²) in [5, 5.41) is 2.99. The Morgan fingerprint density at radius 2 is 1.92 bits per heavy atom. The quantitative estimate of drug-likeness (QED) is 0.875. The van der Waals surface area contributed by atoms with Gasteiger partial charge in [0, 0.05) is 12.1 Å². The molecule has 1 unspecified atom stereocenters. The number of ether oxygens (including phenoxy) is 1. The first kappa shape index (κ1) is 17.4. The van der Waals surface area contributed by atoms with Crippen molar-refractivity contribution in [1.29, 1.82) is 0 Å². The van der Waals surface area contributed by atoms with Gasteiger partial charge in [0.25, 0.3) is 5.91 Å². The minimum atomic E-state index is -0.345. The molecule has 2 aromatic carbocycles. The molecule has 0 saturated carbocycles. The Morgan fingerprint density at radius 1 is 1.20 bits per heavy atom. The normalized spacial score (nSPS) is 15.8. The molecule has 1 saturated heterocycles. The van der Waals surface area contributed by atoms with Crippen LogP contribution in [0.1, 0.15) is 34.8 Å². The van der Waals surface area contributed by atoms with Crippen molar-refractivity contribution in [3.05, 3.63) is 65.5 Å². The monoisotopic (exact) mass is 342 g/mol. The Kier molecular flexibility index (Phi) is 5.66. The first-order valence-corrected chi connectivity index (χ1v) is 8.59. The average Bonchev–Trinajstić information content (AvgIpc) is 3.17. The minimum absolute atomic E-state index is 0.0991. The lowest BCUT2D eigenvalue weighted by Crippen LogP contribution is -2.36. The fourth-order valence-corrected chi connectivity index (χ4v) is 3.25. The molecule has 1 aliphatic rings. The van der Waals surface area contributed by atoms with Crippen LogP contribution in [0, 0.1) is 5.82 Å². The molecule has 5 heteroatoms. The third-order valence-corrected chi connectivity index (χ3v) is 4.62. The third kappa shape index (κ3) is 4.37. The van der Waals surface area contributed by atoms with Gasteiger partial charge in [-0.25, -0.2) is 4.39 Å². The van der Waals surface area contributed by atoms with E-state index in [1.165, 1.54) is 37.1 Å². The van der Waals surface area contributed by atoms with Crippen LogP contribution in [0.4, 0.5) is 4.39 Å². The summed E-state index contributed by atoms with van der Waals surface area (Å²) in [6.45, 7) is 2.55. The Balaban J connectivity index is 1.73. The van der Waals surface area contributed by atoms with E-state index in [-0.39, 0.29) is 17.8 Å². The lowest BCUT2D eigenvalue weighted by atomic mass is 10.0. The molecule has 1 heterocycles. The number of hydrogen-bond acceptors (Lipinski definition) is 3. The highest BCUT2D eigenvalue weighted by Crippen LogP contribution is 2.27. The number of benzene rings is 2. The molecular formula is C20H23FN2O2. The van der Waals surface area contributed by atoms with Gasteiger partial charge < -0.3 is 10.1 Å². The van der Waals surface area contributed by atoms with Crippen LogP contribution in [0.3, 0.4) is 0 Å². The number of amides is 1. The van der Waals surface area contributed by atoms with Gasteiger partial charge in [0.05, 0.1) is 13.2 Å². The van der Waals surface area contributed by atoms with Crippen molar-refractivity contribution in [2.45, 2.75) is 18.9 Å². The number of likely N-dealkylation sites (tertiary alicyclic amines) is 1. The maximum atomic E-state index is 13.0. The van der Waals surface area contributed by atoms with Gasteiger partial charge in [-0.05, 0) is 67.9 Å². The van der Waals surface area contributed by atoms with Crippen molar-refractivity contribution in [2.24, 2.45) is 0 Å². The molecule has 0 aliphatic carbocycles. The second-order valence-electron chi connectivity index (χ2n) is 6.25. The molecule has 2 aromatic rings. The summed E-state index contributed by atoms with van der Waals surface area (Å²) >= 11 is 0. The first-order chi connectivity index (χ1) is 12.2. The van der Waals surface area contributed by atoms with Crippen molar-refractivity contribution in [1.82, 2.24) is 10.2 Å². The molecule has 1 atom stereocenters. The van der Waals surface area contributed by atoms with Crippen molar-refractivity contribution < 1.29 is 13.9 Å². The predicted molar refractivity (Wildman–Crippen MR) is 95.3 cm³/mol.